The number of aliphatic hydroxyl groups excluding tert-OH is 1. The van der Waals surface area contributed by atoms with E-state index in [0.717, 1.165) is 21.9 Å². The standard InChI is InChI=1S/C26H23ClFNO2/c27-23-11-6-12-24(28)22(23)17-31-26-14-13-18-7-4-5-10-20(18)21(26)15-29-16-25(30)19-8-2-1-3-9-19/h1-14,25,29-30H,15-17H2/t25-/m1/s1. The number of benzene rings is 4. The Morgan fingerprint density at radius 1 is 0.871 bits per heavy atom. The molecule has 1 atom stereocenters. The number of hydrogen-bond donors (Lipinski definition) is 2. The van der Waals surface area contributed by atoms with Crippen molar-refractivity contribution in [2.24, 2.45) is 0 Å². The van der Waals surface area contributed by atoms with Crippen molar-refractivity contribution in [1.82, 2.24) is 5.32 Å². The fourth-order valence-corrected chi connectivity index (χ4v) is 3.80. The first-order valence-corrected chi connectivity index (χ1v) is 10.5. The van der Waals surface area contributed by atoms with Crippen LogP contribution in [0.2, 0.25) is 5.02 Å². The Hall–Kier alpha value is -2.92. The molecule has 0 bridgehead atoms. The van der Waals surface area contributed by atoms with Gasteiger partial charge in [-0.05, 0) is 34.5 Å². The molecule has 3 nitrogen and oxygen atoms in total. The molecular weight excluding hydrogens is 413 g/mol. The highest BCUT2D eigenvalue weighted by Gasteiger charge is 2.13. The average Bonchev–Trinajstić information content (AvgIpc) is 2.80. The number of rotatable bonds is 8. The predicted octanol–water partition coefficient (Wildman–Crippen LogP) is 6.03. The zero-order chi connectivity index (χ0) is 21.6. The van der Waals surface area contributed by atoms with E-state index >= 15 is 0 Å². The summed E-state index contributed by atoms with van der Waals surface area (Å²) in [5, 5.41) is 16.2. The van der Waals surface area contributed by atoms with E-state index in [-0.39, 0.29) is 12.4 Å². The van der Waals surface area contributed by atoms with E-state index in [4.69, 9.17) is 16.3 Å². The van der Waals surface area contributed by atoms with Crippen LogP contribution in [-0.4, -0.2) is 11.7 Å². The smallest absolute Gasteiger partial charge is 0.131 e. The third-order valence-electron chi connectivity index (χ3n) is 5.26. The summed E-state index contributed by atoms with van der Waals surface area (Å²) in [5.41, 5.74) is 2.14. The van der Waals surface area contributed by atoms with E-state index in [1.165, 1.54) is 6.07 Å². The van der Waals surface area contributed by atoms with Crippen LogP contribution in [0.4, 0.5) is 4.39 Å². The van der Waals surface area contributed by atoms with Crippen LogP contribution < -0.4 is 10.1 Å². The lowest BCUT2D eigenvalue weighted by atomic mass is 10.0. The molecule has 0 spiro atoms. The molecule has 0 aliphatic rings. The molecule has 4 aromatic carbocycles. The lowest BCUT2D eigenvalue weighted by Gasteiger charge is -2.17. The molecule has 0 heterocycles. The second-order valence-electron chi connectivity index (χ2n) is 7.31. The highest BCUT2D eigenvalue weighted by Crippen LogP contribution is 2.30. The molecule has 2 N–H and O–H groups in total. The summed E-state index contributed by atoms with van der Waals surface area (Å²) in [6.45, 7) is 0.918. The third-order valence-corrected chi connectivity index (χ3v) is 5.61. The van der Waals surface area contributed by atoms with Gasteiger partial charge in [-0.3, -0.25) is 0 Å². The highest BCUT2D eigenvalue weighted by atomic mass is 35.5. The Labute approximate surface area is 186 Å². The average molecular weight is 436 g/mol. The van der Waals surface area contributed by atoms with Gasteiger partial charge >= 0.3 is 0 Å². The normalized spacial score (nSPS) is 12.1. The molecule has 0 aliphatic carbocycles. The Morgan fingerprint density at radius 2 is 1.65 bits per heavy atom. The number of hydrogen-bond acceptors (Lipinski definition) is 3. The first-order chi connectivity index (χ1) is 15.1. The number of fused-ring (bicyclic) bond motifs is 1. The van der Waals surface area contributed by atoms with Gasteiger partial charge in [0.2, 0.25) is 0 Å². The van der Waals surface area contributed by atoms with Gasteiger partial charge in [-0.25, -0.2) is 4.39 Å². The minimum Gasteiger partial charge on any atom is -0.488 e. The van der Waals surface area contributed by atoms with Crippen LogP contribution in [0.5, 0.6) is 5.75 Å². The van der Waals surface area contributed by atoms with E-state index in [2.05, 4.69) is 5.32 Å². The molecule has 0 radical (unpaired) electrons. The predicted molar refractivity (Wildman–Crippen MR) is 123 cm³/mol. The second kappa shape index (κ2) is 9.92. The Balaban J connectivity index is 1.54. The van der Waals surface area contributed by atoms with E-state index in [9.17, 15) is 9.50 Å². The zero-order valence-electron chi connectivity index (χ0n) is 16.9. The number of aliphatic hydroxyl groups is 1. The van der Waals surface area contributed by atoms with E-state index in [1.807, 2.05) is 66.7 Å². The molecule has 0 amide bonds. The second-order valence-corrected chi connectivity index (χ2v) is 7.72. The van der Waals surface area contributed by atoms with Gasteiger partial charge in [0.25, 0.3) is 0 Å². The maximum absolute atomic E-state index is 14.2. The van der Waals surface area contributed by atoms with Crippen LogP contribution in [0, 0.1) is 5.82 Å². The first-order valence-electron chi connectivity index (χ1n) is 10.1. The summed E-state index contributed by atoms with van der Waals surface area (Å²) in [7, 11) is 0. The molecule has 0 unspecified atom stereocenters. The largest absolute Gasteiger partial charge is 0.488 e. The van der Waals surface area contributed by atoms with E-state index in [0.29, 0.717) is 29.4 Å². The van der Waals surface area contributed by atoms with Crippen LogP contribution in [-0.2, 0) is 13.2 Å². The molecule has 0 saturated carbocycles. The monoisotopic (exact) mass is 435 g/mol. The highest BCUT2D eigenvalue weighted by molar-refractivity contribution is 6.31. The van der Waals surface area contributed by atoms with Crippen molar-refractivity contribution in [3.05, 3.63) is 112 Å². The van der Waals surface area contributed by atoms with Crippen molar-refractivity contribution >= 4 is 22.4 Å². The number of ether oxygens (including phenoxy) is 1. The van der Waals surface area contributed by atoms with E-state index < -0.39 is 6.10 Å². The zero-order valence-corrected chi connectivity index (χ0v) is 17.6. The first kappa shape index (κ1) is 21.3. The Morgan fingerprint density at radius 3 is 2.45 bits per heavy atom. The molecule has 158 valence electrons. The maximum atomic E-state index is 14.2. The molecular formula is C26H23ClFNO2. The van der Waals surface area contributed by atoms with Crippen LogP contribution in [0.15, 0.2) is 84.9 Å². The van der Waals surface area contributed by atoms with Gasteiger partial charge in [0, 0.05) is 24.2 Å². The Bertz CT molecular complexity index is 1150. The van der Waals surface area contributed by atoms with Crippen molar-refractivity contribution in [1.29, 1.82) is 0 Å². The van der Waals surface area contributed by atoms with Crippen molar-refractivity contribution in [2.45, 2.75) is 19.3 Å². The summed E-state index contributed by atoms with van der Waals surface area (Å²) in [5.74, 6) is 0.263. The maximum Gasteiger partial charge on any atom is 0.131 e. The molecule has 4 rings (SSSR count). The minimum atomic E-state index is -0.613. The van der Waals surface area contributed by atoms with Gasteiger partial charge in [-0.15, -0.1) is 0 Å². The minimum absolute atomic E-state index is 0.0312. The number of nitrogens with one attached hydrogen (secondary N) is 1. The molecule has 5 heteroatoms. The van der Waals surface area contributed by atoms with Crippen molar-refractivity contribution < 1.29 is 14.2 Å². The quantitative estimate of drug-likeness (QED) is 0.355. The van der Waals surface area contributed by atoms with Gasteiger partial charge in [0.15, 0.2) is 0 Å². The lowest BCUT2D eigenvalue weighted by molar-refractivity contribution is 0.174. The molecule has 31 heavy (non-hydrogen) atoms. The summed E-state index contributed by atoms with van der Waals surface area (Å²) in [4.78, 5) is 0. The van der Waals surface area contributed by atoms with Gasteiger partial charge in [-0.1, -0.05) is 78.3 Å². The summed E-state index contributed by atoms with van der Waals surface area (Å²) < 4.78 is 20.2. The summed E-state index contributed by atoms with van der Waals surface area (Å²) >= 11 is 6.15. The van der Waals surface area contributed by atoms with Crippen LogP contribution in [0.25, 0.3) is 10.8 Å². The van der Waals surface area contributed by atoms with Crippen LogP contribution >= 0.6 is 11.6 Å². The molecule has 4 aromatic rings. The van der Waals surface area contributed by atoms with Crippen molar-refractivity contribution in [3.8, 4) is 5.75 Å². The molecule has 0 fully saturated rings. The van der Waals surface area contributed by atoms with Crippen LogP contribution in [0.3, 0.4) is 0 Å². The molecule has 0 saturated heterocycles. The fourth-order valence-electron chi connectivity index (χ4n) is 3.58. The lowest BCUT2D eigenvalue weighted by Crippen LogP contribution is -2.21. The SMILES string of the molecule is O[C@H](CNCc1c(OCc2c(F)cccc2Cl)ccc2ccccc12)c1ccccc1. The third kappa shape index (κ3) is 5.05. The topological polar surface area (TPSA) is 41.5 Å². The number of halogens is 2. The summed E-state index contributed by atoms with van der Waals surface area (Å²) in [6, 6.07) is 26.0. The summed E-state index contributed by atoms with van der Waals surface area (Å²) in [6.07, 6.45) is -0.613. The molecule has 0 aromatic heterocycles. The van der Waals surface area contributed by atoms with Gasteiger partial charge < -0.3 is 15.2 Å². The van der Waals surface area contributed by atoms with Gasteiger partial charge in [-0.2, -0.15) is 0 Å². The van der Waals surface area contributed by atoms with Crippen molar-refractivity contribution in [2.75, 3.05) is 6.54 Å². The van der Waals surface area contributed by atoms with Gasteiger partial charge in [0.1, 0.15) is 18.2 Å². The fraction of sp³-hybridized carbons (Fsp3) is 0.154. The van der Waals surface area contributed by atoms with Gasteiger partial charge in [0.05, 0.1) is 11.1 Å². The molecule has 0 aliphatic heterocycles. The van der Waals surface area contributed by atoms with E-state index in [1.54, 1.807) is 12.1 Å². The Kier molecular flexibility index (Phi) is 6.82. The van der Waals surface area contributed by atoms with Crippen LogP contribution in [0.1, 0.15) is 22.8 Å². The van der Waals surface area contributed by atoms with Crippen molar-refractivity contribution in [3.63, 3.8) is 0 Å².